The molecule has 4 aromatic carbocycles. The van der Waals surface area contributed by atoms with Crippen LogP contribution in [0.15, 0.2) is 84.9 Å². The van der Waals surface area contributed by atoms with E-state index < -0.39 is 0 Å². The van der Waals surface area contributed by atoms with Crippen LogP contribution in [-0.4, -0.2) is 0 Å². The molecule has 0 unspecified atom stereocenters. The molecular weight excluding hydrogens is 336 g/mol. The number of aryl methyl sites for hydroxylation is 4. The van der Waals surface area contributed by atoms with Crippen LogP contribution in [0, 0.1) is 27.7 Å². The molecule has 0 fully saturated rings. The number of benzene rings is 4. The van der Waals surface area contributed by atoms with Gasteiger partial charge in [0.15, 0.2) is 0 Å². The molecule has 4 rings (SSSR count). The van der Waals surface area contributed by atoms with Gasteiger partial charge in [0.1, 0.15) is 0 Å². The molecular formula is C28H26. The lowest BCUT2D eigenvalue weighted by Gasteiger charge is -2.19. The predicted octanol–water partition coefficient (Wildman–Crippen LogP) is 7.92. The Hall–Kier alpha value is -3.12. The lowest BCUT2D eigenvalue weighted by Crippen LogP contribution is -1.96. The first-order valence-electron chi connectivity index (χ1n) is 9.88. The largest absolute Gasteiger partial charge is 0.0622 e. The molecule has 28 heavy (non-hydrogen) atoms. The molecule has 0 N–H and O–H groups in total. The monoisotopic (exact) mass is 362 g/mol. The average molecular weight is 363 g/mol. The minimum Gasteiger partial charge on any atom is -0.0622 e. The van der Waals surface area contributed by atoms with Gasteiger partial charge in [0.25, 0.3) is 0 Å². The van der Waals surface area contributed by atoms with Crippen molar-refractivity contribution in [3.8, 4) is 33.4 Å². The number of hydrogen-bond acceptors (Lipinski definition) is 0. The highest BCUT2D eigenvalue weighted by atomic mass is 14.2. The van der Waals surface area contributed by atoms with E-state index in [-0.39, 0.29) is 0 Å². The summed E-state index contributed by atoms with van der Waals surface area (Å²) >= 11 is 0. The minimum atomic E-state index is 1.27. The molecule has 0 aliphatic rings. The summed E-state index contributed by atoms with van der Waals surface area (Å²) in [6, 6.07) is 30.5. The molecule has 0 heteroatoms. The SMILES string of the molecule is Cc1cc(-c2ccccc2)cc(C)c1-c1c(C)cc(-c2ccccc2)cc1C. The number of rotatable bonds is 3. The zero-order chi connectivity index (χ0) is 19.7. The summed E-state index contributed by atoms with van der Waals surface area (Å²) in [6.07, 6.45) is 0. The zero-order valence-electron chi connectivity index (χ0n) is 17.1. The van der Waals surface area contributed by atoms with E-state index in [9.17, 15) is 0 Å². The van der Waals surface area contributed by atoms with Crippen LogP contribution in [0.2, 0.25) is 0 Å². The molecule has 0 saturated heterocycles. The number of hydrogen-bond donors (Lipinski definition) is 0. The van der Waals surface area contributed by atoms with E-state index in [4.69, 9.17) is 0 Å². The van der Waals surface area contributed by atoms with Crippen molar-refractivity contribution in [2.24, 2.45) is 0 Å². The summed E-state index contributed by atoms with van der Waals surface area (Å²) < 4.78 is 0. The van der Waals surface area contributed by atoms with Crippen LogP contribution >= 0.6 is 0 Å². The van der Waals surface area contributed by atoms with E-state index in [2.05, 4.69) is 113 Å². The summed E-state index contributed by atoms with van der Waals surface area (Å²) in [5.41, 5.74) is 13.2. The fourth-order valence-corrected chi connectivity index (χ4v) is 4.31. The van der Waals surface area contributed by atoms with Gasteiger partial charge in [-0.05, 0) is 83.3 Å². The molecule has 0 bridgehead atoms. The van der Waals surface area contributed by atoms with Crippen LogP contribution in [0.5, 0.6) is 0 Å². The van der Waals surface area contributed by atoms with Gasteiger partial charge < -0.3 is 0 Å². The molecule has 0 atom stereocenters. The molecule has 0 saturated carbocycles. The van der Waals surface area contributed by atoms with Gasteiger partial charge in [0.05, 0.1) is 0 Å². The highest BCUT2D eigenvalue weighted by Gasteiger charge is 2.14. The summed E-state index contributed by atoms with van der Waals surface area (Å²) in [5.74, 6) is 0. The maximum Gasteiger partial charge on any atom is -0.0120 e. The van der Waals surface area contributed by atoms with E-state index in [1.54, 1.807) is 0 Å². The van der Waals surface area contributed by atoms with E-state index in [0.717, 1.165) is 0 Å². The van der Waals surface area contributed by atoms with Crippen molar-refractivity contribution in [2.45, 2.75) is 27.7 Å². The van der Waals surface area contributed by atoms with Crippen LogP contribution in [0.3, 0.4) is 0 Å². The molecule has 4 aromatic rings. The lowest BCUT2D eigenvalue weighted by atomic mass is 9.85. The van der Waals surface area contributed by atoms with Gasteiger partial charge in [0, 0.05) is 0 Å². The third kappa shape index (κ3) is 3.39. The average Bonchev–Trinajstić information content (AvgIpc) is 2.70. The second kappa shape index (κ2) is 7.48. The second-order valence-electron chi connectivity index (χ2n) is 7.70. The Morgan fingerprint density at radius 3 is 0.929 bits per heavy atom. The molecule has 0 aliphatic heterocycles. The maximum atomic E-state index is 2.32. The zero-order valence-corrected chi connectivity index (χ0v) is 17.1. The Kier molecular flexibility index (Phi) is 4.88. The molecule has 0 aromatic heterocycles. The van der Waals surface area contributed by atoms with Crippen molar-refractivity contribution in [1.29, 1.82) is 0 Å². The van der Waals surface area contributed by atoms with Crippen LogP contribution in [0.1, 0.15) is 22.3 Å². The van der Waals surface area contributed by atoms with Crippen molar-refractivity contribution in [3.05, 3.63) is 107 Å². The molecule has 0 heterocycles. The van der Waals surface area contributed by atoms with Crippen molar-refractivity contribution in [3.63, 3.8) is 0 Å². The standard InChI is InChI=1S/C28H26/c1-19-15-25(23-11-7-5-8-12-23)16-20(2)27(19)28-21(3)17-26(18-22(28)4)24-13-9-6-10-14-24/h5-18H,1-4H3. The Balaban J connectivity index is 1.83. The topological polar surface area (TPSA) is 0 Å². The predicted molar refractivity (Wildman–Crippen MR) is 122 cm³/mol. The van der Waals surface area contributed by atoms with Gasteiger partial charge in [-0.2, -0.15) is 0 Å². The van der Waals surface area contributed by atoms with Crippen molar-refractivity contribution < 1.29 is 0 Å². The van der Waals surface area contributed by atoms with Crippen molar-refractivity contribution in [1.82, 2.24) is 0 Å². The van der Waals surface area contributed by atoms with E-state index in [0.29, 0.717) is 0 Å². The van der Waals surface area contributed by atoms with Crippen LogP contribution < -0.4 is 0 Å². The third-order valence-electron chi connectivity index (χ3n) is 5.53. The molecule has 138 valence electrons. The van der Waals surface area contributed by atoms with E-state index >= 15 is 0 Å². The van der Waals surface area contributed by atoms with Gasteiger partial charge in [-0.15, -0.1) is 0 Å². The van der Waals surface area contributed by atoms with Gasteiger partial charge in [0.2, 0.25) is 0 Å². The van der Waals surface area contributed by atoms with Crippen LogP contribution in [0.4, 0.5) is 0 Å². The third-order valence-corrected chi connectivity index (χ3v) is 5.53. The minimum absolute atomic E-state index is 1.27. The summed E-state index contributed by atoms with van der Waals surface area (Å²) in [4.78, 5) is 0. The second-order valence-corrected chi connectivity index (χ2v) is 7.70. The summed E-state index contributed by atoms with van der Waals surface area (Å²) in [6.45, 7) is 8.94. The quantitative estimate of drug-likeness (QED) is 0.347. The molecule has 0 nitrogen and oxygen atoms in total. The van der Waals surface area contributed by atoms with Gasteiger partial charge >= 0.3 is 0 Å². The first kappa shape index (κ1) is 18.3. The van der Waals surface area contributed by atoms with Gasteiger partial charge in [-0.3, -0.25) is 0 Å². The van der Waals surface area contributed by atoms with Crippen molar-refractivity contribution in [2.75, 3.05) is 0 Å². The van der Waals surface area contributed by atoms with E-state index in [1.165, 1.54) is 55.6 Å². The first-order chi connectivity index (χ1) is 13.5. The highest BCUT2D eigenvalue weighted by molar-refractivity contribution is 5.82. The normalized spacial score (nSPS) is 10.9. The molecule has 0 radical (unpaired) electrons. The summed E-state index contributed by atoms with van der Waals surface area (Å²) in [5, 5.41) is 0. The summed E-state index contributed by atoms with van der Waals surface area (Å²) in [7, 11) is 0. The fraction of sp³-hybridized carbons (Fsp3) is 0.143. The van der Waals surface area contributed by atoms with Gasteiger partial charge in [-0.1, -0.05) is 84.9 Å². The Morgan fingerprint density at radius 2 is 0.643 bits per heavy atom. The van der Waals surface area contributed by atoms with Crippen LogP contribution in [-0.2, 0) is 0 Å². The Bertz CT molecular complexity index is 980. The van der Waals surface area contributed by atoms with Crippen molar-refractivity contribution >= 4 is 0 Å². The molecule has 0 spiro atoms. The lowest BCUT2D eigenvalue weighted by molar-refractivity contribution is 1.32. The fourth-order valence-electron chi connectivity index (χ4n) is 4.31. The maximum absolute atomic E-state index is 2.32. The Morgan fingerprint density at radius 1 is 0.357 bits per heavy atom. The van der Waals surface area contributed by atoms with Crippen LogP contribution in [0.25, 0.3) is 33.4 Å². The molecule has 0 aliphatic carbocycles. The van der Waals surface area contributed by atoms with Gasteiger partial charge in [-0.25, -0.2) is 0 Å². The smallest absolute Gasteiger partial charge is 0.0120 e. The highest BCUT2D eigenvalue weighted by Crippen LogP contribution is 2.37. The first-order valence-corrected chi connectivity index (χ1v) is 9.88. The Labute approximate surface area is 168 Å². The van der Waals surface area contributed by atoms with E-state index in [1.807, 2.05) is 0 Å². The molecule has 0 amide bonds.